The molecule has 2 fully saturated rings. The van der Waals surface area contributed by atoms with Gasteiger partial charge in [-0.2, -0.15) is 0 Å². The van der Waals surface area contributed by atoms with E-state index in [0.29, 0.717) is 6.54 Å². The van der Waals surface area contributed by atoms with Crippen molar-refractivity contribution in [1.29, 1.82) is 0 Å². The van der Waals surface area contributed by atoms with Crippen molar-refractivity contribution in [3.63, 3.8) is 0 Å². The second-order valence-electron chi connectivity index (χ2n) is 6.23. The summed E-state index contributed by atoms with van der Waals surface area (Å²) in [5.74, 6) is 0.322. The molecule has 1 heterocycles. The average Bonchev–Trinajstić information content (AvgIpc) is 3.35. The van der Waals surface area contributed by atoms with Gasteiger partial charge in [-0.15, -0.1) is 0 Å². The van der Waals surface area contributed by atoms with E-state index in [4.69, 9.17) is 0 Å². The molecule has 0 aromatic heterocycles. The maximum atomic E-state index is 12.0. The predicted octanol–water partition coefficient (Wildman–Crippen LogP) is 2.46. The van der Waals surface area contributed by atoms with Gasteiger partial charge >= 0.3 is 0 Å². The summed E-state index contributed by atoms with van der Waals surface area (Å²) >= 11 is 0. The van der Waals surface area contributed by atoms with Crippen molar-refractivity contribution < 1.29 is 9.59 Å². The van der Waals surface area contributed by atoms with Crippen LogP contribution in [0.1, 0.15) is 32.1 Å². The lowest BCUT2D eigenvalue weighted by Crippen LogP contribution is -2.36. The van der Waals surface area contributed by atoms with Gasteiger partial charge in [-0.3, -0.25) is 14.5 Å². The van der Waals surface area contributed by atoms with E-state index in [2.05, 4.69) is 15.5 Å². The molecule has 3 rings (SSSR count). The molecule has 1 aliphatic heterocycles. The van der Waals surface area contributed by atoms with Crippen molar-refractivity contribution in [2.75, 3.05) is 30.3 Å². The number of rotatable bonds is 5. The first-order valence-corrected chi connectivity index (χ1v) is 8.14. The quantitative estimate of drug-likeness (QED) is 0.878. The van der Waals surface area contributed by atoms with Gasteiger partial charge in [-0.05, 0) is 63.0 Å². The Bertz CT molecular complexity index is 531. The highest BCUT2D eigenvalue weighted by Crippen LogP contribution is 2.30. The second kappa shape index (κ2) is 6.92. The van der Waals surface area contributed by atoms with Gasteiger partial charge in [-0.25, -0.2) is 0 Å². The summed E-state index contributed by atoms with van der Waals surface area (Å²) in [6.45, 7) is 2.49. The second-order valence-corrected chi connectivity index (χ2v) is 6.23. The minimum atomic E-state index is 0.0247. The topological polar surface area (TPSA) is 61.4 Å². The van der Waals surface area contributed by atoms with E-state index < -0.39 is 0 Å². The van der Waals surface area contributed by atoms with Crippen LogP contribution in [0.15, 0.2) is 24.3 Å². The lowest BCUT2D eigenvalue weighted by Gasteiger charge is -2.25. The Hall–Kier alpha value is -1.88. The Labute approximate surface area is 131 Å². The molecule has 2 N–H and O–H groups in total. The van der Waals surface area contributed by atoms with Crippen LogP contribution in [-0.2, 0) is 9.59 Å². The van der Waals surface area contributed by atoms with Crippen LogP contribution in [0.4, 0.5) is 11.4 Å². The third kappa shape index (κ3) is 4.31. The van der Waals surface area contributed by atoms with Crippen LogP contribution in [-0.4, -0.2) is 36.3 Å². The molecule has 1 aromatic rings. The molecular formula is C17H23N3O2. The largest absolute Gasteiger partial charge is 0.326 e. The number of amides is 2. The van der Waals surface area contributed by atoms with Crippen molar-refractivity contribution >= 4 is 23.2 Å². The first kappa shape index (κ1) is 15.0. The van der Waals surface area contributed by atoms with E-state index in [1.165, 1.54) is 19.3 Å². The molecule has 0 radical (unpaired) electrons. The highest BCUT2D eigenvalue weighted by molar-refractivity contribution is 5.95. The molecule has 118 valence electrons. The maximum Gasteiger partial charge on any atom is 0.238 e. The minimum Gasteiger partial charge on any atom is -0.326 e. The molecule has 0 atom stereocenters. The zero-order valence-corrected chi connectivity index (χ0v) is 12.8. The van der Waals surface area contributed by atoms with Crippen LogP contribution >= 0.6 is 0 Å². The summed E-state index contributed by atoms with van der Waals surface area (Å²) in [6, 6.07) is 7.32. The van der Waals surface area contributed by atoms with E-state index >= 15 is 0 Å². The van der Waals surface area contributed by atoms with Crippen molar-refractivity contribution in [2.24, 2.45) is 5.92 Å². The number of anilines is 2. The summed E-state index contributed by atoms with van der Waals surface area (Å²) < 4.78 is 0. The van der Waals surface area contributed by atoms with E-state index in [0.717, 1.165) is 37.3 Å². The molecule has 1 saturated carbocycles. The Kier molecular flexibility index (Phi) is 4.73. The molecular weight excluding hydrogens is 278 g/mol. The molecule has 5 nitrogen and oxygen atoms in total. The molecule has 1 saturated heterocycles. The minimum absolute atomic E-state index is 0.0247. The van der Waals surface area contributed by atoms with Crippen LogP contribution in [0, 0.1) is 5.92 Å². The van der Waals surface area contributed by atoms with Crippen molar-refractivity contribution in [1.82, 2.24) is 4.90 Å². The normalized spacial score (nSPS) is 18.7. The van der Waals surface area contributed by atoms with Crippen LogP contribution in [0.5, 0.6) is 0 Å². The van der Waals surface area contributed by atoms with Crippen LogP contribution in [0.3, 0.4) is 0 Å². The first-order chi connectivity index (χ1) is 10.7. The fourth-order valence-corrected chi connectivity index (χ4v) is 2.75. The molecule has 2 aliphatic rings. The van der Waals surface area contributed by atoms with Crippen molar-refractivity contribution in [3.8, 4) is 0 Å². The number of hydrogen-bond acceptors (Lipinski definition) is 3. The third-order valence-corrected chi connectivity index (χ3v) is 4.20. The standard InChI is InChI=1S/C17H23N3O2/c21-16(12-20-10-2-1-3-11-20)18-14-6-8-15(9-7-14)19-17(22)13-4-5-13/h6-9,13H,1-5,10-12H2,(H,18,21)(H,19,22). The smallest absolute Gasteiger partial charge is 0.238 e. The highest BCUT2D eigenvalue weighted by atomic mass is 16.2. The number of likely N-dealkylation sites (tertiary alicyclic amines) is 1. The Balaban J connectivity index is 1.47. The van der Waals surface area contributed by atoms with Crippen LogP contribution in [0.2, 0.25) is 0 Å². The summed E-state index contributed by atoms with van der Waals surface area (Å²) in [6.07, 6.45) is 5.63. The van der Waals surface area contributed by atoms with Gasteiger partial charge in [0, 0.05) is 17.3 Å². The third-order valence-electron chi connectivity index (χ3n) is 4.20. The van der Waals surface area contributed by atoms with Gasteiger partial charge in [0.2, 0.25) is 11.8 Å². The van der Waals surface area contributed by atoms with E-state index in [9.17, 15) is 9.59 Å². The molecule has 5 heteroatoms. The average molecular weight is 301 g/mol. The maximum absolute atomic E-state index is 12.0. The number of nitrogens with one attached hydrogen (secondary N) is 2. The van der Waals surface area contributed by atoms with Gasteiger partial charge < -0.3 is 10.6 Å². The molecule has 0 unspecified atom stereocenters. The fourth-order valence-electron chi connectivity index (χ4n) is 2.75. The summed E-state index contributed by atoms with van der Waals surface area (Å²) in [4.78, 5) is 25.9. The highest BCUT2D eigenvalue weighted by Gasteiger charge is 2.29. The van der Waals surface area contributed by atoms with Crippen molar-refractivity contribution in [3.05, 3.63) is 24.3 Å². The van der Waals surface area contributed by atoms with Crippen molar-refractivity contribution in [2.45, 2.75) is 32.1 Å². The summed E-state index contributed by atoms with van der Waals surface area (Å²) in [5, 5.41) is 5.80. The number of nitrogens with zero attached hydrogens (tertiary/aromatic N) is 1. The molecule has 1 aliphatic carbocycles. The van der Waals surface area contributed by atoms with Gasteiger partial charge in [0.15, 0.2) is 0 Å². The molecule has 0 bridgehead atoms. The lowest BCUT2D eigenvalue weighted by molar-refractivity contribution is -0.118. The summed E-state index contributed by atoms with van der Waals surface area (Å²) in [7, 11) is 0. The van der Waals surface area contributed by atoms with Gasteiger partial charge in [-0.1, -0.05) is 6.42 Å². The van der Waals surface area contributed by atoms with Gasteiger partial charge in [0.1, 0.15) is 0 Å². The number of benzene rings is 1. The fraction of sp³-hybridized carbons (Fsp3) is 0.529. The molecule has 2 amide bonds. The number of carbonyl (C=O) groups excluding carboxylic acids is 2. The zero-order valence-electron chi connectivity index (χ0n) is 12.8. The first-order valence-electron chi connectivity index (χ1n) is 8.14. The van der Waals surface area contributed by atoms with E-state index in [1.54, 1.807) is 0 Å². The van der Waals surface area contributed by atoms with Gasteiger partial charge in [0.25, 0.3) is 0 Å². The lowest BCUT2D eigenvalue weighted by atomic mass is 10.1. The Morgan fingerprint density at radius 3 is 2.14 bits per heavy atom. The SMILES string of the molecule is O=C(CN1CCCCC1)Nc1ccc(NC(=O)C2CC2)cc1. The molecule has 0 spiro atoms. The predicted molar refractivity (Wildman–Crippen MR) is 86.7 cm³/mol. The van der Waals surface area contributed by atoms with Crippen LogP contribution in [0.25, 0.3) is 0 Å². The number of piperidine rings is 1. The van der Waals surface area contributed by atoms with Crippen LogP contribution < -0.4 is 10.6 Å². The Morgan fingerprint density at radius 1 is 0.955 bits per heavy atom. The number of carbonyl (C=O) groups is 2. The summed E-state index contributed by atoms with van der Waals surface area (Å²) in [5.41, 5.74) is 1.55. The zero-order chi connectivity index (χ0) is 15.4. The molecule has 22 heavy (non-hydrogen) atoms. The Morgan fingerprint density at radius 2 is 1.55 bits per heavy atom. The number of hydrogen-bond donors (Lipinski definition) is 2. The monoisotopic (exact) mass is 301 g/mol. The van der Waals surface area contributed by atoms with E-state index in [1.807, 2.05) is 24.3 Å². The van der Waals surface area contributed by atoms with E-state index in [-0.39, 0.29) is 17.7 Å². The molecule has 1 aromatic carbocycles. The van der Waals surface area contributed by atoms with Gasteiger partial charge in [0.05, 0.1) is 6.54 Å².